The monoisotopic (exact) mass is 533 g/mol. The maximum atomic E-state index is 13.2. The molecule has 1 N–H and O–H groups in total. The number of ether oxygens (including phenoxy) is 3. The first-order valence-corrected chi connectivity index (χ1v) is 13.4. The number of hydrogen-bond acceptors (Lipinski definition) is 5. The van der Waals surface area contributed by atoms with Crippen LogP contribution in [0.15, 0.2) is 66.7 Å². The van der Waals surface area contributed by atoms with Gasteiger partial charge in [-0.15, -0.1) is 0 Å². The minimum atomic E-state index is -0.979. The van der Waals surface area contributed by atoms with Gasteiger partial charge in [-0.3, -0.25) is 0 Å². The van der Waals surface area contributed by atoms with E-state index in [1.807, 2.05) is 63.2 Å². The molecule has 0 aliphatic carbocycles. The van der Waals surface area contributed by atoms with Gasteiger partial charge in [-0.1, -0.05) is 48.5 Å². The lowest BCUT2D eigenvalue weighted by atomic mass is 10.1. The number of amides is 1. The number of carboxylic acid groups (broad SMARTS) is 1. The summed E-state index contributed by atoms with van der Waals surface area (Å²) in [6.45, 7) is 9.29. The van der Waals surface area contributed by atoms with E-state index < -0.39 is 18.2 Å². The van der Waals surface area contributed by atoms with Crippen LogP contribution in [0.3, 0.4) is 0 Å². The van der Waals surface area contributed by atoms with Gasteiger partial charge in [0.05, 0.1) is 6.54 Å². The van der Waals surface area contributed by atoms with Gasteiger partial charge in [-0.2, -0.15) is 0 Å². The fourth-order valence-electron chi connectivity index (χ4n) is 4.24. The molecule has 0 heterocycles. The van der Waals surface area contributed by atoms with Gasteiger partial charge in [0.1, 0.15) is 18.1 Å². The van der Waals surface area contributed by atoms with E-state index in [4.69, 9.17) is 14.2 Å². The molecular weight excluding hydrogens is 494 g/mol. The molecule has 0 aromatic heterocycles. The fourth-order valence-corrected chi connectivity index (χ4v) is 4.24. The third-order valence-corrected chi connectivity index (χ3v) is 6.60. The highest BCUT2D eigenvalue weighted by molar-refractivity contribution is 5.73. The fraction of sp³-hybridized carbons (Fsp3) is 0.375. The Kier molecular flexibility index (Phi) is 11.4. The zero-order valence-corrected chi connectivity index (χ0v) is 23.3. The molecule has 0 saturated carbocycles. The van der Waals surface area contributed by atoms with Crippen molar-refractivity contribution in [3.05, 3.63) is 94.5 Å². The molecule has 3 aromatic rings. The predicted octanol–water partition coefficient (Wildman–Crippen LogP) is 6.16. The molecular formula is C32H39NO6. The number of aryl methyl sites for hydroxylation is 4. The van der Waals surface area contributed by atoms with Crippen LogP contribution in [0.2, 0.25) is 0 Å². The standard InChI is InChI=1S/C32H39NO6/c1-5-37-30(31(34)35)22-27-13-15-28(16-14-27)38-19-18-33(17-9-12-26-10-7-6-8-11-26)32(36)39-29-21-24(3)23(2)20-25(29)4/h6-8,10-11,13-16,20-21,30H,5,9,12,17-19,22H2,1-4H3,(H,34,35). The average molecular weight is 534 g/mol. The Labute approximate surface area is 231 Å². The van der Waals surface area contributed by atoms with Crippen LogP contribution in [0.25, 0.3) is 0 Å². The smallest absolute Gasteiger partial charge is 0.415 e. The zero-order valence-electron chi connectivity index (χ0n) is 23.3. The normalized spacial score (nSPS) is 11.6. The number of benzene rings is 3. The largest absolute Gasteiger partial charge is 0.492 e. The summed E-state index contributed by atoms with van der Waals surface area (Å²) in [5.74, 6) is 0.233. The maximum Gasteiger partial charge on any atom is 0.415 e. The highest BCUT2D eigenvalue weighted by Gasteiger charge is 2.19. The molecule has 208 valence electrons. The third kappa shape index (κ3) is 9.45. The summed E-state index contributed by atoms with van der Waals surface area (Å²) in [6, 6.07) is 21.4. The summed E-state index contributed by atoms with van der Waals surface area (Å²) in [6.07, 6.45) is 0.656. The highest BCUT2D eigenvalue weighted by Crippen LogP contribution is 2.23. The number of carbonyl (C=O) groups excluding carboxylic acids is 1. The second-order valence-corrected chi connectivity index (χ2v) is 9.62. The Hall–Kier alpha value is -3.84. The molecule has 1 unspecified atom stereocenters. The summed E-state index contributed by atoms with van der Waals surface area (Å²) in [7, 11) is 0. The van der Waals surface area contributed by atoms with Crippen LogP contribution in [0.4, 0.5) is 4.79 Å². The topological polar surface area (TPSA) is 85.3 Å². The minimum absolute atomic E-state index is 0.280. The minimum Gasteiger partial charge on any atom is -0.492 e. The Morgan fingerprint density at radius 1 is 0.872 bits per heavy atom. The summed E-state index contributed by atoms with van der Waals surface area (Å²) >= 11 is 0. The molecule has 7 nitrogen and oxygen atoms in total. The first kappa shape index (κ1) is 29.7. The molecule has 7 heteroatoms. The van der Waals surface area contributed by atoms with E-state index in [9.17, 15) is 14.7 Å². The molecule has 0 radical (unpaired) electrons. The molecule has 0 saturated heterocycles. The van der Waals surface area contributed by atoms with Crippen molar-refractivity contribution in [3.63, 3.8) is 0 Å². The summed E-state index contributed by atoms with van der Waals surface area (Å²) in [4.78, 5) is 26.2. The van der Waals surface area contributed by atoms with Crippen LogP contribution in [-0.4, -0.2) is 54.5 Å². The quantitative estimate of drug-likeness (QED) is 0.267. The van der Waals surface area contributed by atoms with Gasteiger partial charge in [0.25, 0.3) is 0 Å². The highest BCUT2D eigenvalue weighted by atomic mass is 16.6. The van der Waals surface area contributed by atoms with Crippen molar-refractivity contribution in [2.75, 3.05) is 26.3 Å². The summed E-state index contributed by atoms with van der Waals surface area (Å²) < 4.78 is 17.0. The average Bonchev–Trinajstić information content (AvgIpc) is 2.92. The molecule has 1 amide bonds. The van der Waals surface area contributed by atoms with E-state index in [2.05, 4.69) is 12.1 Å². The molecule has 0 aliphatic heterocycles. The van der Waals surface area contributed by atoms with Crippen molar-refractivity contribution in [3.8, 4) is 11.5 Å². The lowest BCUT2D eigenvalue weighted by Crippen LogP contribution is -2.37. The lowest BCUT2D eigenvalue weighted by molar-refractivity contribution is -0.149. The van der Waals surface area contributed by atoms with Crippen LogP contribution in [0.5, 0.6) is 11.5 Å². The number of carboxylic acids is 1. The van der Waals surface area contributed by atoms with Gasteiger partial charge in [-0.05, 0) is 86.6 Å². The maximum absolute atomic E-state index is 13.2. The van der Waals surface area contributed by atoms with Crippen LogP contribution in [0, 0.1) is 20.8 Å². The molecule has 39 heavy (non-hydrogen) atoms. The van der Waals surface area contributed by atoms with Gasteiger partial charge in [-0.25, -0.2) is 9.59 Å². The van der Waals surface area contributed by atoms with Crippen molar-refractivity contribution in [2.24, 2.45) is 0 Å². The molecule has 0 aliphatic rings. The van der Waals surface area contributed by atoms with Crippen molar-refractivity contribution in [1.82, 2.24) is 4.90 Å². The van der Waals surface area contributed by atoms with E-state index >= 15 is 0 Å². The second-order valence-electron chi connectivity index (χ2n) is 9.62. The number of aliphatic carboxylic acids is 1. The predicted molar refractivity (Wildman–Crippen MR) is 152 cm³/mol. The van der Waals surface area contributed by atoms with Crippen LogP contribution < -0.4 is 9.47 Å². The Morgan fingerprint density at radius 2 is 1.56 bits per heavy atom. The third-order valence-electron chi connectivity index (χ3n) is 6.60. The van der Waals surface area contributed by atoms with Crippen LogP contribution in [-0.2, 0) is 22.4 Å². The van der Waals surface area contributed by atoms with Crippen LogP contribution in [0.1, 0.15) is 41.2 Å². The van der Waals surface area contributed by atoms with Crippen molar-refractivity contribution in [2.45, 2.75) is 53.1 Å². The van der Waals surface area contributed by atoms with Crippen LogP contribution >= 0.6 is 0 Å². The Morgan fingerprint density at radius 3 is 2.23 bits per heavy atom. The van der Waals surface area contributed by atoms with E-state index in [1.54, 1.807) is 24.0 Å². The van der Waals surface area contributed by atoms with Crippen molar-refractivity contribution in [1.29, 1.82) is 0 Å². The summed E-state index contributed by atoms with van der Waals surface area (Å²) in [5.41, 5.74) is 5.21. The Bertz CT molecular complexity index is 1210. The van der Waals surface area contributed by atoms with E-state index in [0.29, 0.717) is 37.8 Å². The van der Waals surface area contributed by atoms with Gasteiger partial charge < -0.3 is 24.2 Å². The van der Waals surface area contributed by atoms with Gasteiger partial charge in [0.15, 0.2) is 6.10 Å². The number of hydrogen-bond donors (Lipinski definition) is 1. The van der Waals surface area contributed by atoms with Crippen molar-refractivity contribution < 1.29 is 28.9 Å². The molecule has 1 atom stereocenters. The first-order valence-electron chi connectivity index (χ1n) is 13.4. The van der Waals surface area contributed by atoms with Gasteiger partial charge >= 0.3 is 12.1 Å². The Balaban J connectivity index is 1.60. The van der Waals surface area contributed by atoms with Gasteiger partial charge in [0.2, 0.25) is 0 Å². The first-order chi connectivity index (χ1) is 18.8. The molecule has 3 aromatic carbocycles. The molecule has 0 spiro atoms. The zero-order chi connectivity index (χ0) is 28.2. The molecule has 0 bridgehead atoms. The van der Waals surface area contributed by atoms with E-state index in [1.165, 1.54) is 5.56 Å². The second kappa shape index (κ2) is 14.9. The van der Waals surface area contributed by atoms with Crippen molar-refractivity contribution >= 4 is 12.1 Å². The number of carbonyl (C=O) groups is 2. The van der Waals surface area contributed by atoms with E-state index in [-0.39, 0.29) is 6.42 Å². The molecule has 0 fully saturated rings. The SMILES string of the molecule is CCOC(Cc1ccc(OCCN(CCCc2ccccc2)C(=O)Oc2cc(C)c(C)cc2C)cc1)C(=O)O. The van der Waals surface area contributed by atoms with Gasteiger partial charge in [0, 0.05) is 19.6 Å². The lowest BCUT2D eigenvalue weighted by Gasteiger charge is -2.23. The molecule has 3 rings (SSSR count). The summed E-state index contributed by atoms with van der Waals surface area (Å²) in [5, 5.41) is 9.30. The number of rotatable bonds is 14. The number of nitrogens with zero attached hydrogens (tertiary/aromatic N) is 1. The van der Waals surface area contributed by atoms with E-state index in [0.717, 1.165) is 35.1 Å².